The maximum Gasteiger partial charge on any atom is 0.105 e. The Kier molecular flexibility index (Phi) is 7.84. The van der Waals surface area contributed by atoms with Gasteiger partial charge in [-0.1, -0.05) is 6.92 Å². The van der Waals surface area contributed by atoms with Crippen molar-refractivity contribution in [2.45, 2.75) is 19.9 Å². The molecule has 0 bridgehead atoms. The van der Waals surface area contributed by atoms with Crippen LogP contribution in [0.1, 0.15) is 18.4 Å². The van der Waals surface area contributed by atoms with Crippen LogP contribution in [0.4, 0.5) is 0 Å². The highest BCUT2D eigenvalue weighted by Gasteiger charge is 1.93. The molecule has 0 aromatic carbocycles. The van der Waals surface area contributed by atoms with Crippen LogP contribution in [-0.4, -0.2) is 9.97 Å². The average molecular weight is 198 g/mol. The van der Waals surface area contributed by atoms with E-state index in [1.807, 2.05) is 0 Å². The number of imidazole rings is 1. The number of rotatable bonds is 2. The summed E-state index contributed by atoms with van der Waals surface area (Å²) in [6.45, 7) is 2.60. The second-order valence-electron chi connectivity index (χ2n) is 1.91. The number of aryl methyl sites for hydroxylation is 1. The SMILES string of the molecule is CCc1ncc(CN)[nH]1.Cl.Cl. The highest BCUT2D eigenvalue weighted by atomic mass is 35.5. The van der Waals surface area contributed by atoms with Gasteiger partial charge in [0.1, 0.15) is 5.82 Å². The molecule has 1 aromatic heterocycles. The number of halogens is 2. The number of H-pyrrole nitrogens is 1. The van der Waals surface area contributed by atoms with E-state index in [1.165, 1.54) is 0 Å². The maximum atomic E-state index is 5.35. The molecule has 0 fully saturated rings. The van der Waals surface area contributed by atoms with Gasteiger partial charge in [-0.25, -0.2) is 4.98 Å². The average Bonchev–Trinajstić information content (AvgIpc) is 2.34. The summed E-state index contributed by atoms with van der Waals surface area (Å²) in [6.07, 6.45) is 2.72. The normalized spacial score (nSPS) is 8.18. The van der Waals surface area contributed by atoms with Gasteiger partial charge in [-0.2, -0.15) is 0 Å². The van der Waals surface area contributed by atoms with Crippen LogP contribution in [-0.2, 0) is 13.0 Å². The molecule has 1 rings (SSSR count). The van der Waals surface area contributed by atoms with Gasteiger partial charge in [0.15, 0.2) is 0 Å². The van der Waals surface area contributed by atoms with Gasteiger partial charge in [0.2, 0.25) is 0 Å². The second kappa shape index (κ2) is 6.46. The molecular formula is C6H13Cl2N3. The van der Waals surface area contributed by atoms with E-state index in [9.17, 15) is 0 Å². The zero-order chi connectivity index (χ0) is 6.69. The summed E-state index contributed by atoms with van der Waals surface area (Å²) in [5.74, 6) is 1.01. The van der Waals surface area contributed by atoms with Gasteiger partial charge >= 0.3 is 0 Å². The summed E-state index contributed by atoms with van der Waals surface area (Å²) >= 11 is 0. The van der Waals surface area contributed by atoms with Crippen LogP contribution in [0.25, 0.3) is 0 Å². The molecule has 0 aliphatic carbocycles. The van der Waals surface area contributed by atoms with Crippen LogP contribution in [0.5, 0.6) is 0 Å². The minimum Gasteiger partial charge on any atom is -0.345 e. The van der Waals surface area contributed by atoms with E-state index in [2.05, 4.69) is 16.9 Å². The monoisotopic (exact) mass is 197 g/mol. The third kappa shape index (κ3) is 3.60. The predicted molar refractivity (Wildman–Crippen MR) is 50.4 cm³/mol. The van der Waals surface area contributed by atoms with Crippen molar-refractivity contribution in [2.24, 2.45) is 5.73 Å². The Balaban J connectivity index is 0. The lowest BCUT2D eigenvalue weighted by molar-refractivity contribution is 0.949. The fourth-order valence-corrected chi connectivity index (χ4v) is 0.689. The van der Waals surface area contributed by atoms with Gasteiger partial charge in [-0.15, -0.1) is 24.8 Å². The number of nitrogens with two attached hydrogens (primary N) is 1. The molecule has 0 amide bonds. The van der Waals surface area contributed by atoms with E-state index < -0.39 is 0 Å². The van der Waals surface area contributed by atoms with Crippen molar-refractivity contribution in [1.82, 2.24) is 9.97 Å². The summed E-state index contributed by atoms with van der Waals surface area (Å²) in [7, 11) is 0. The Hall–Kier alpha value is -0.250. The molecule has 66 valence electrons. The van der Waals surface area contributed by atoms with Gasteiger partial charge in [0.05, 0.1) is 0 Å². The molecule has 0 spiro atoms. The fourth-order valence-electron chi connectivity index (χ4n) is 0.689. The highest BCUT2D eigenvalue weighted by molar-refractivity contribution is 5.85. The van der Waals surface area contributed by atoms with Gasteiger partial charge in [-0.3, -0.25) is 0 Å². The van der Waals surface area contributed by atoms with Crippen molar-refractivity contribution in [2.75, 3.05) is 0 Å². The Bertz CT molecular complexity index is 169. The zero-order valence-corrected chi connectivity index (χ0v) is 7.97. The van der Waals surface area contributed by atoms with Crippen molar-refractivity contribution in [3.63, 3.8) is 0 Å². The van der Waals surface area contributed by atoms with E-state index in [-0.39, 0.29) is 24.8 Å². The van der Waals surface area contributed by atoms with E-state index in [0.29, 0.717) is 6.54 Å². The molecule has 0 aliphatic heterocycles. The van der Waals surface area contributed by atoms with E-state index in [4.69, 9.17) is 5.73 Å². The zero-order valence-electron chi connectivity index (χ0n) is 6.33. The molecular weight excluding hydrogens is 185 g/mol. The lowest BCUT2D eigenvalue weighted by atomic mass is 10.5. The molecule has 3 N–H and O–H groups in total. The second-order valence-corrected chi connectivity index (χ2v) is 1.91. The molecule has 0 atom stereocenters. The summed E-state index contributed by atoms with van der Waals surface area (Å²) in [5.41, 5.74) is 6.35. The summed E-state index contributed by atoms with van der Waals surface area (Å²) < 4.78 is 0. The molecule has 0 saturated carbocycles. The molecule has 11 heavy (non-hydrogen) atoms. The summed E-state index contributed by atoms with van der Waals surface area (Å²) in [5, 5.41) is 0. The first-order valence-electron chi connectivity index (χ1n) is 3.09. The Morgan fingerprint density at radius 2 is 2.18 bits per heavy atom. The molecule has 1 heterocycles. The Morgan fingerprint density at radius 3 is 2.45 bits per heavy atom. The largest absolute Gasteiger partial charge is 0.345 e. The van der Waals surface area contributed by atoms with Crippen LogP contribution >= 0.6 is 24.8 Å². The Morgan fingerprint density at radius 1 is 1.55 bits per heavy atom. The standard InChI is InChI=1S/C6H11N3.2ClH/c1-2-6-8-4-5(3-7)9-6;;/h4H,2-3,7H2,1H3,(H,8,9);2*1H. The van der Waals surface area contributed by atoms with Gasteiger partial charge in [0, 0.05) is 24.9 Å². The molecule has 3 nitrogen and oxygen atoms in total. The van der Waals surface area contributed by atoms with E-state index in [0.717, 1.165) is 17.9 Å². The molecule has 1 aromatic rings. The first kappa shape index (κ1) is 13.3. The van der Waals surface area contributed by atoms with Crippen LogP contribution in [0.15, 0.2) is 6.20 Å². The summed E-state index contributed by atoms with van der Waals surface area (Å²) in [4.78, 5) is 7.15. The highest BCUT2D eigenvalue weighted by Crippen LogP contribution is 1.94. The quantitative estimate of drug-likeness (QED) is 0.751. The Labute approximate surface area is 78.6 Å². The van der Waals surface area contributed by atoms with Crippen molar-refractivity contribution in [1.29, 1.82) is 0 Å². The van der Waals surface area contributed by atoms with Crippen molar-refractivity contribution < 1.29 is 0 Å². The van der Waals surface area contributed by atoms with Crippen LogP contribution < -0.4 is 5.73 Å². The smallest absolute Gasteiger partial charge is 0.105 e. The predicted octanol–water partition coefficient (Wildman–Crippen LogP) is 1.27. The van der Waals surface area contributed by atoms with Crippen LogP contribution in [0, 0.1) is 0 Å². The first-order valence-corrected chi connectivity index (χ1v) is 3.09. The number of hydrogen-bond acceptors (Lipinski definition) is 2. The number of hydrogen-bond donors (Lipinski definition) is 2. The molecule has 0 unspecified atom stereocenters. The number of aromatic amines is 1. The third-order valence-corrected chi connectivity index (χ3v) is 1.24. The van der Waals surface area contributed by atoms with Gasteiger partial charge in [-0.05, 0) is 0 Å². The fraction of sp³-hybridized carbons (Fsp3) is 0.500. The van der Waals surface area contributed by atoms with Crippen LogP contribution in [0.3, 0.4) is 0 Å². The molecule has 0 saturated heterocycles. The first-order chi connectivity index (χ1) is 4.36. The summed E-state index contributed by atoms with van der Waals surface area (Å²) in [6, 6.07) is 0. The van der Waals surface area contributed by atoms with Crippen molar-refractivity contribution in [3.05, 3.63) is 17.7 Å². The molecule has 0 aliphatic rings. The third-order valence-electron chi connectivity index (χ3n) is 1.24. The number of aromatic nitrogens is 2. The molecule has 0 radical (unpaired) electrons. The van der Waals surface area contributed by atoms with Crippen molar-refractivity contribution in [3.8, 4) is 0 Å². The van der Waals surface area contributed by atoms with Gasteiger partial charge < -0.3 is 10.7 Å². The minimum absolute atomic E-state index is 0. The number of nitrogens with one attached hydrogen (secondary N) is 1. The lowest BCUT2D eigenvalue weighted by Crippen LogP contribution is -1.95. The van der Waals surface area contributed by atoms with Crippen molar-refractivity contribution >= 4 is 24.8 Å². The minimum atomic E-state index is 0. The molecule has 5 heteroatoms. The van der Waals surface area contributed by atoms with Crippen LogP contribution in [0.2, 0.25) is 0 Å². The number of nitrogens with zero attached hydrogens (tertiary/aromatic N) is 1. The van der Waals surface area contributed by atoms with Gasteiger partial charge in [0.25, 0.3) is 0 Å². The maximum absolute atomic E-state index is 5.35. The topological polar surface area (TPSA) is 54.7 Å². The van der Waals surface area contributed by atoms with E-state index >= 15 is 0 Å². The lowest BCUT2D eigenvalue weighted by Gasteiger charge is -1.85. The van der Waals surface area contributed by atoms with E-state index in [1.54, 1.807) is 6.20 Å².